The monoisotopic (exact) mass is 492 g/mol. The second-order valence-corrected chi connectivity index (χ2v) is 9.83. The lowest BCUT2D eigenvalue weighted by Gasteiger charge is -2.15. The fourth-order valence-electron chi connectivity index (χ4n) is 2.94. The van der Waals surface area contributed by atoms with Crippen LogP contribution in [-0.4, -0.2) is 52.2 Å². The number of nitrogens with zero attached hydrogens (tertiary/aromatic N) is 2. The predicted molar refractivity (Wildman–Crippen MR) is 114 cm³/mol. The molecule has 0 aliphatic rings. The number of halogens is 2. The van der Waals surface area contributed by atoms with Crippen LogP contribution in [0.2, 0.25) is 10.0 Å². The molecule has 0 saturated carbocycles. The Labute approximate surface area is 187 Å². The Bertz CT molecular complexity index is 1010. The molecule has 2 atom stereocenters. The molecular formula is C18H18Cl2N2O8S. The molecule has 2 unspecified atom stereocenters. The summed E-state index contributed by atoms with van der Waals surface area (Å²) in [4.78, 5) is 20.4. The van der Waals surface area contributed by atoms with E-state index >= 15 is 0 Å². The summed E-state index contributed by atoms with van der Waals surface area (Å²) >= 11 is 11.9. The van der Waals surface area contributed by atoms with Crippen molar-refractivity contribution in [1.29, 1.82) is 0 Å². The molecule has 0 aromatic heterocycles. The molecule has 2 rings (SSSR count). The SMILES string of the molecule is O=[N+]([O-])c1ccc(Cl)c(CC(O)CS(=O)(=O)CC(O)Cc2cc([N+](=O)[O-])ccc2Cl)c1. The zero-order valence-electron chi connectivity index (χ0n) is 15.8. The average molecular weight is 493 g/mol. The maximum atomic E-state index is 12.3. The summed E-state index contributed by atoms with van der Waals surface area (Å²) < 4.78 is 24.7. The molecule has 10 nitrogen and oxygen atoms in total. The first-order chi connectivity index (χ1) is 14.4. The Kier molecular flexibility index (Phi) is 8.32. The fourth-order valence-corrected chi connectivity index (χ4v) is 4.88. The Morgan fingerprint density at radius 1 is 0.806 bits per heavy atom. The van der Waals surface area contributed by atoms with Gasteiger partial charge in [-0.1, -0.05) is 23.2 Å². The highest BCUT2D eigenvalue weighted by molar-refractivity contribution is 7.91. The van der Waals surface area contributed by atoms with E-state index in [4.69, 9.17) is 23.2 Å². The van der Waals surface area contributed by atoms with Gasteiger partial charge in [-0.3, -0.25) is 20.2 Å². The molecule has 0 aliphatic carbocycles. The third-order valence-corrected chi connectivity index (χ3v) is 6.81. The van der Waals surface area contributed by atoms with E-state index in [0.717, 1.165) is 12.1 Å². The standard InChI is InChI=1S/C18H18Cl2N2O8S/c19-17-3-1-13(21(25)26)5-11(17)7-15(23)9-31(29,30)10-16(24)8-12-6-14(22(27)28)2-4-18(12)20/h1-6,15-16,23-24H,7-10H2. The second-order valence-electron chi connectivity index (χ2n) is 6.86. The lowest BCUT2D eigenvalue weighted by atomic mass is 10.1. The first-order valence-corrected chi connectivity index (χ1v) is 11.4. The number of aliphatic hydroxyl groups excluding tert-OH is 2. The molecule has 0 heterocycles. The largest absolute Gasteiger partial charge is 0.392 e. The van der Waals surface area contributed by atoms with Crippen LogP contribution in [0.15, 0.2) is 36.4 Å². The van der Waals surface area contributed by atoms with Crippen molar-refractivity contribution in [3.63, 3.8) is 0 Å². The lowest BCUT2D eigenvalue weighted by Crippen LogP contribution is -2.30. The van der Waals surface area contributed by atoms with Crippen LogP contribution < -0.4 is 0 Å². The van der Waals surface area contributed by atoms with E-state index < -0.39 is 43.4 Å². The van der Waals surface area contributed by atoms with Gasteiger partial charge in [0.25, 0.3) is 11.4 Å². The van der Waals surface area contributed by atoms with Crippen LogP contribution in [0.25, 0.3) is 0 Å². The van der Waals surface area contributed by atoms with E-state index in [1.165, 1.54) is 24.3 Å². The molecule has 31 heavy (non-hydrogen) atoms. The average Bonchev–Trinajstić information content (AvgIpc) is 2.63. The summed E-state index contributed by atoms with van der Waals surface area (Å²) in [5.74, 6) is -1.43. The second kappa shape index (κ2) is 10.3. The van der Waals surface area contributed by atoms with Gasteiger partial charge in [0, 0.05) is 47.2 Å². The van der Waals surface area contributed by atoms with Crippen molar-refractivity contribution in [3.8, 4) is 0 Å². The van der Waals surface area contributed by atoms with Crippen molar-refractivity contribution < 1.29 is 28.5 Å². The highest BCUT2D eigenvalue weighted by Crippen LogP contribution is 2.25. The molecular weight excluding hydrogens is 475 g/mol. The third-order valence-electron chi connectivity index (χ3n) is 4.28. The van der Waals surface area contributed by atoms with Crippen LogP contribution >= 0.6 is 23.2 Å². The van der Waals surface area contributed by atoms with Gasteiger partial charge in [0.1, 0.15) is 0 Å². The smallest absolute Gasteiger partial charge is 0.269 e. The Morgan fingerprint density at radius 3 is 1.48 bits per heavy atom. The predicted octanol–water partition coefficient (Wildman–Crippen LogP) is 2.73. The number of aliphatic hydroxyl groups is 2. The van der Waals surface area contributed by atoms with Gasteiger partial charge in [-0.25, -0.2) is 8.42 Å². The fraction of sp³-hybridized carbons (Fsp3) is 0.333. The van der Waals surface area contributed by atoms with Gasteiger partial charge in [0.15, 0.2) is 9.84 Å². The van der Waals surface area contributed by atoms with E-state index in [0.29, 0.717) is 0 Å². The van der Waals surface area contributed by atoms with Crippen LogP contribution in [-0.2, 0) is 22.7 Å². The number of benzene rings is 2. The summed E-state index contributed by atoms with van der Waals surface area (Å²) in [7, 11) is -3.95. The van der Waals surface area contributed by atoms with Crippen LogP contribution in [0.4, 0.5) is 11.4 Å². The van der Waals surface area contributed by atoms with Crippen molar-refractivity contribution in [2.24, 2.45) is 0 Å². The highest BCUT2D eigenvalue weighted by atomic mass is 35.5. The Hall–Kier alpha value is -2.31. The van der Waals surface area contributed by atoms with Crippen molar-refractivity contribution >= 4 is 44.4 Å². The van der Waals surface area contributed by atoms with Gasteiger partial charge in [-0.2, -0.15) is 0 Å². The van der Waals surface area contributed by atoms with Gasteiger partial charge in [-0.05, 0) is 23.3 Å². The number of hydrogen-bond donors (Lipinski definition) is 2. The number of non-ortho nitro benzene ring substituents is 2. The van der Waals surface area contributed by atoms with Crippen molar-refractivity contribution in [2.75, 3.05) is 11.5 Å². The van der Waals surface area contributed by atoms with E-state index in [1.54, 1.807) is 0 Å². The third kappa shape index (κ3) is 7.40. The Balaban J connectivity index is 2.03. The summed E-state index contributed by atoms with van der Waals surface area (Å²) in [5.41, 5.74) is -0.0811. The van der Waals surface area contributed by atoms with Gasteiger partial charge in [0.2, 0.25) is 0 Å². The molecule has 2 aromatic carbocycles. The van der Waals surface area contributed by atoms with E-state index in [2.05, 4.69) is 0 Å². The topological polar surface area (TPSA) is 161 Å². The molecule has 0 saturated heterocycles. The van der Waals surface area contributed by atoms with Gasteiger partial charge < -0.3 is 10.2 Å². The normalized spacial score (nSPS) is 13.5. The summed E-state index contributed by atoms with van der Waals surface area (Å²) in [6.45, 7) is 0. The van der Waals surface area contributed by atoms with Crippen molar-refractivity contribution in [2.45, 2.75) is 25.0 Å². The van der Waals surface area contributed by atoms with E-state index in [-0.39, 0.29) is 45.4 Å². The molecule has 0 amide bonds. The van der Waals surface area contributed by atoms with Gasteiger partial charge >= 0.3 is 0 Å². The van der Waals surface area contributed by atoms with Crippen LogP contribution in [0.3, 0.4) is 0 Å². The summed E-state index contributed by atoms with van der Waals surface area (Å²) in [5, 5.41) is 42.3. The molecule has 0 radical (unpaired) electrons. The number of rotatable bonds is 10. The maximum absolute atomic E-state index is 12.3. The number of nitro benzene ring substituents is 2. The minimum atomic E-state index is -3.95. The van der Waals surface area contributed by atoms with Crippen molar-refractivity contribution in [3.05, 3.63) is 77.8 Å². The number of sulfone groups is 1. The lowest BCUT2D eigenvalue weighted by molar-refractivity contribution is -0.385. The first-order valence-electron chi connectivity index (χ1n) is 8.80. The highest BCUT2D eigenvalue weighted by Gasteiger charge is 2.24. The number of hydrogen-bond acceptors (Lipinski definition) is 8. The summed E-state index contributed by atoms with van der Waals surface area (Å²) in [6, 6.07) is 7.23. The zero-order valence-corrected chi connectivity index (χ0v) is 18.2. The van der Waals surface area contributed by atoms with Gasteiger partial charge in [-0.15, -0.1) is 0 Å². The van der Waals surface area contributed by atoms with Crippen LogP contribution in [0.5, 0.6) is 0 Å². The quantitative estimate of drug-likeness (QED) is 0.377. The number of nitro groups is 2. The molecule has 2 N–H and O–H groups in total. The van der Waals surface area contributed by atoms with Crippen LogP contribution in [0.1, 0.15) is 11.1 Å². The molecule has 0 fully saturated rings. The molecule has 0 aliphatic heterocycles. The minimum Gasteiger partial charge on any atom is -0.392 e. The van der Waals surface area contributed by atoms with Crippen LogP contribution in [0, 0.1) is 20.2 Å². The zero-order chi connectivity index (χ0) is 23.3. The molecule has 2 aromatic rings. The van der Waals surface area contributed by atoms with E-state index in [1.807, 2.05) is 0 Å². The summed E-state index contributed by atoms with van der Waals surface area (Å²) in [6.07, 6.45) is -3.32. The first kappa shape index (κ1) is 25.0. The molecule has 13 heteroatoms. The Morgan fingerprint density at radius 2 is 1.16 bits per heavy atom. The molecule has 168 valence electrons. The van der Waals surface area contributed by atoms with Crippen molar-refractivity contribution in [1.82, 2.24) is 0 Å². The minimum absolute atomic E-state index is 0.141. The molecule has 0 bridgehead atoms. The van der Waals surface area contributed by atoms with Gasteiger partial charge in [0.05, 0.1) is 33.6 Å². The van der Waals surface area contributed by atoms with E-state index in [9.17, 15) is 38.9 Å². The molecule has 0 spiro atoms. The maximum Gasteiger partial charge on any atom is 0.269 e.